The third-order valence-electron chi connectivity index (χ3n) is 4.98. The molecule has 110 valence electrons. The van der Waals surface area contributed by atoms with Crippen molar-refractivity contribution in [3.05, 3.63) is 15.6 Å². The highest BCUT2D eigenvalue weighted by molar-refractivity contribution is 7.11. The lowest BCUT2D eigenvalue weighted by atomic mass is 9.98. The van der Waals surface area contributed by atoms with Crippen molar-refractivity contribution in [3.63, 3.8) is 0 Å². The molecule has 1 aromatic rings. The summed E-state index contributed by atoms with van der Waals surface area (Å²) in [5.41, 5.74) is 1.30. The second-order valence-corrected chi connectivity index (χ2v) is 7.32. The van der Waals surface area contributed by atoms with E-state index in [2.05, 4.69) is 10.2 Å². The number of rotatable bonds is 2. The molecule has 4 nitrogen and oxygen atoms in total. The molecule has 4 rings (SSSR count). The van der Waals surface area contributed by atoms with Gasteiger partial charge in [0.1, 0.15) is 11.1 Å². The van der Waals surface area contributed by atoms with Crippen LogP contribution in [0.3, 0.4) is 0 Å². The summed E-state index contributed by atoms with van der Waals surface area (Å²) >= 11 is 1.89. The number of ether oxygens (including phenoxy) is 1. The van der Waals surface area contributed by atoms with Gasteiger partial charge in [-0.2, -0.15) is 0 Å². The second-order valence-electron chi connectivity index (χ2n) is 6.21. The number of morpholine rings is 1. The predicted molar refractivity (Wildman–Crippen MR) is 80.1 cm³/mol. The van der Waals surface area contributed by atoms with E-state index in [4.69, 9.17) is 9.72 Å². The van der Waals surface area contributed by atoms with Crippen LogP contribution >= 0.6 is 11.3 Å². The Morgan fingerprint density at radius 1 is 1.35 bits per heavy atom. The minimum atomic E-state index is 0.206. The van der Waals surface area contributed by atoms with Crippen LogP contribution in [0.1, 0.15) is 53.4 Å². The van der Waals surface area contributed by atoms with Crippen LogP contribution in [0.15, 0.2) is 0 Å². The third-order valence-corrected chi connectivity index (χ3v) is 6.21. The van der Waals surface area contributed by atoms with Gasteiger partial charge < -0.3 is 10.1 Å². The highest BCUT2D eigenvalue weighted by Crippen LogP contribution is 2.38. The molecule has 2 aliphatic heterocycles. The van der Waals surface area contributed by atoms with Gasteiger partial charge >= 0.3 is 0 Å². The van der Waals surface area contributed by atoms with Crippen LogP contribution in [0.2, 0.25) is 0 Å². The van der Waals surface area contributed by atoms with E-state index in [9.17, 15) is 0 Å². The van der Waals surface area contributed by atoms with Gasteiger partial charge in [0.25, 0.3) is 0 Å². The average Bonchev–Trinajstić information content (AvgIpc) is 3.11. The highest BCUT2D eigenvalue weighted by atomic mass is 32.1. The quantitative estimate of drug-likeness (QED) is 0.908. The van der Waals surface area contributed by atoms with E-state index >= 15 is 0 Å². The Bertz CT molecular complexity index is 489. The summed E-state index contributed by atoms with van der Waals surface area (Å²) in [5, 5.41) is 4.62. The van der Waals surface area contributed by atoms with E-state index in [0.29, 0.717) is 12.1 Å². The number of aromatic nitrogens is 1. The minimum absolute atomic E-state index is 0.206. The van der Waals surface area contributed by atoms with E-state index in [1.807, 2.05) is 18.4 Å². The Morgan fingerprint density at radius 3 is 3.20 bits per heavy atom. The standard InChI is InChI=1S/C15H23N3OS/c1-16-11-5-2-6-13-14(11)17-15(20-13)12-8-18-7-3-4-10(18)9-19-12/h10-12,16H,2-9H2,1H3. The summed E-state index contributed by atoms with van der Waals surface area (Å²) in [5.74, 6) is 0. The van der Waals surface area contributed by atoms with Crippen LogP contribution < -0.4 is 5.32 Å². The molecule has 3 aliphatic rings. The van der Waals surface area contributed by atoms with Crippen LogP contribution in [0.5, 0.6) is 0 Å². The average molecular weight is 293 g/mol. The first-order valence-electron chi connectivity index (χ1n) is 7.87. The fourth-order valence-corrected chi connectivity index (χ4v) is 5.03. The number of thiazole rings is 1. The van der Waals surface area contributed by atoms with Crippen molar-refractivity contribution < 1.29 is 4.74 Å². The summed E-state index contributed by atoms with van der Waals surface area (Å²) in [4.78, 5) is 9.03. The Kier molecular flexibility index (Phi) is 3.54. The minimum Gasteiger partial charge on any atom is -0.368 e. The van der Waals surface area contributed by atoms with E-state index < -0.39 is 0 Å². The molecule has 3 heterocycles. The van der Waals surface area contributed by atoms with Gasteiger partial charge in [0, 0.05) is 17.5 Å². The Morgan fingerprint density at radius 2 is 2.30 bits per heavy atom. The Labute approximate surface area is 124 Å². The molecule has 0 bridgehead atoms. The SMILES string of the molecule is CNC1CCCc2sc(C3CN4CCCC4CO3)nc21. The van der Waals surface area contributed by atoms with Gasteiger partial charge in [-0.1, -0.05) is 0 Å². The molecule has 2 saturated heterocycles. The van der Waals surface area contributed by atoms with Crippen molar-refractivity contribution in [2.75, 3.05) is 26.7 Å². The van der Waals surface area contributed by atoms with Crippen molar-refractivity contribution in [1.29, 1.82) is 0 Å². The first-order valence-corrected chi connectivity index (χ1v) is 8.69. The number of nitrogens with zero attached hydrogens (tertiary/aromatic N) is 2. The van der Waals surface area contributed by atoms with E-state index in [1.165, 1.54) is 54.2 Å². The van der Waals surface area contributed by atoms with Crippen LogP contribution in [0, 0.1) is 0 Å². The molecule has 0 amide bonds. The molecule has 5 heteroatoms. The maximum atomic E-state index is 6.11. The topological polar surface area (TPSA) is 37.4 Å². The molecule has 0 saturated carbocycles. The molecule has 1 N–H and O–H groups in total. The molecule has 0 aromatic carbocycles. The lowest BCUT2D eigenvalue weighted by molar-refractivity contribution is -0.0503. The number of aryl methyl sites for hydroxylation is 1. The number of fused-ring (bicyclic) bond motifs is 2. The molecule has 0 radical (unpaired) electrons. The maximum absolute atomic E-state index is 6.11. The zero-order valence-electron chi connectivity index (χ0n) is 12.1. The van der Waals surface area contributed by atoms with Gasteiger partial charge in [-0.05, 0) is 45.7 Å². The molecule has 1 aliphatic carbocycles. The molecule has 3 unspecified atom stereocenters. The molecule has 2 fully saturated rings. The molecule has 20 heavy (non-hydrogen) atoms. The van der Waals surface area contributed by atoms with Crippen LogP contribution in [0.25, 0.3) is 0 Å². The molecule has 1 aromatic heterocycles. The van der Waals surface area contributed by atoms with Gasteiger partial charge in [-0.15, -0.1) is 11.3 Å². The van der Waals surface area contributed by atoms with E-state index in [0.717, 1.165) is 13.2 Å². The maximum Gasteiger partial charge on any atom is 0.123 e. The van der Waals surface area contributed by atoms with Crippen molar-refractivity contribution in [1.82, 2.24) is 15.2 Å². The molecule has 3 atom stereocenters. The zero-order chi connectivity index (χ0) is 13.5. The normalized spacial score (nSPS) is 34.0. The molecule has 0 spiro atoms. The van der Waals surface area contributed by atoms with Gasteiger partial charge in [0.2, 0.25) is 0 Å². The smallest absolute Gasteiger partial charge is 0.123 e. The summed E-state index contributed by atoms with van der Waals surface area (Å²) in [7, 11) is 2.05. The monoisotopic (exact) mass is 293 g/mol. The lowest BCUT2D eigenvalue weighted by Gasteiger charge is -2.34. The van der Waals surface area contributed by atoms with Gasteiger partial charge in [-0.3, -0.25) is 4.90 Å². The summed E-state index contributed by atoms with van der Waals surface area (Å²) in [6.07, 6.45) is 6.54. The van der Waals surface area contributed by atoms with E-state index in [-0.39, 0.29) is 6.10 Å². The number of nitrogens with one attached hydrogen (secondary N) is 1. The molecular formula is C15H23N3OS. The fraction of sp³-hybridized carbons (Fsp3) is 0.800. The van der Waals surface area contributed by atoms with Crippen LogP contribution in [0.4, 0.5) is 0 Å². The predicted octanol–water partition coefficient (Wildman–Crippen LogP) is 2.28. The summed E-state index contributed by atoms with van der Waals surface area (Å²) in [6.45, 7) is 3.18. The van der Waals surface area contributed by atoms with Crippen molar-refractivity contribution in [2.24, 2.45) is 0 Å². The van der Waals surface area contributed by atoms with Crippen molar-refractivity contribution in [2.45, 2.75) is 50.3 Å². The van der Waals surface area contributed by atoms with Crippen LogP contribution in [-0.2, 0) is 11.2 Å². The number of hydrogen-bond donors (Lipinski definition) is 1. The second kappa shape index (κ2) is 5.37. The highest BCUT2D eigenvalue weighted by Gasteiger charge is 2.35. The lowest BCUT2D eigenvalue weighted by Crippen LogP contribution is -2.42. The molecular weight excluding hydrogens is 270 g/mol. The summed E-state index contributed by atoms with van der Waals surface area (Å²) in [6, 6.07) is 1.12. The number of hydrogen-bond acceptors (Lipinski definition) is 5. The Balaban J connectivity index is 1.55. The van der Waals surface area contributed by atoms with Gasteiger partial charge in [0.15, 0.2) is 0 Å². The van der Waals surface area contributed by atoms with Crippen molar-refractivity contribution in [3.8, 4) is 0 Å². The van der Waals surface area contributed by atoms with Gasteiger partial charge in [0.05, 0.1) is 18.3 Å². The first-order chi connectivity index (χ1) is 9.85. The van der Waals surface area contributed by atoms with Gasteiger partial charge in [-0.25, -0.2) is 4.98 Å². The van der Waals surface area contributed by atoms with Crippen LogP contribution in [-0.4, -0.2) is 42.7 Å². The van der Waals surface area contributed by atoms with Crippen molar-refractivity contribution >= 4 is 11.3 Å². The fourth-order valence-electron chi connectivity index (χ4n) is 3.82. The largest absolute Gasteiger partial charge is 0.368 e. The summed E-state index contributed by atoms with van der Waals surface area (Å²) < 4.78 is 6.11. The first kappa shape index (κ1) is 13.2. The zero-order valence-corrected chi connectivity index (χ0v) is 12.9. The van der Waals surface area contributed by atoms with E-state index in [1.54, 1.807) is 0 Å². The Hall–Kier alpha value is -0.490. The third kappa shape index (κ3) is 2.21.